The molecule has 0 aromatic heterocycles. The number of rotatable bonds is 4. The third-order valence-electron chi connectivity index (χ3n) is 7.13. The molecule has 2 fully saturated rings. The van der Waals surface area contributed by atoms with Crippen molar-refractivity contribution in [3.8, 4) is 0 Å². The Balaban J connectivity index is 1.46. The second-order valence-corrected chi connectivity index (χ2v) is 10.4. The van der Waals surface area contributed by atoms with E-state index in [-0.39, 0.29) is 17.9 Å². The normalized spacial score (nSPS) is 24.9. The number of halogens is 2. The third kappa shape index (κ3) is 5.08. The van der Waals surface area contributed by atoms with Gasteiger partial charge in [0.2, 0.25) is 0 Å². The molecule has 2 aromatic carbocycles. The van der Waals surface area contributed by atoms with Crippen molar-refractivity contribution in [2.45, 2.75) is 25.3 Å². The Morgan fingerprint density at radius 2 is 1.65 bits per heavy atom. The van der Waals surface area contributed by atoms with Crippen LogP contribution in [-0.2, 0) is 4.79 Å². The van der Waals surface area contributed by atoms with Gasteiger partial charge in [-0.1, -0.05) is 47.5 Å². The van der Waals surface area contributed by atoms with E-state index in [1.165, 1.54) is 5.57 Å². The molecule has 0 radical (unpaired) electrons. The lowest BCUT2D eigenvalue weighted by Crippen LogP contribution is -2.48. The molecule has 34 heavy (non-hydrogen) atoms. The Kier molecular flexibility index (Phi) is 7.07. The van der Waals surface area contributed by atoms with Crippen molar-refractivity contribution < 1.29 is 4.79 Å². The summed E-state index contributed by atoms with van der Waals surface area (Å²) in [5, 5.41) is 8.19. The molecule has 1 aliphatic carbocycles. The van der Waals surface area contributed by atoms with Crippen molar-refractivity contribution in [3.63, 3.8) is 0 Å². The highest BCUT2D eigenvalue weighted by molar-refractivity contribution is 6.30. The minimum Gasteiger partial charge on any atom is -0.304 e. The maximum Gasteiger partial charge on any atom is 0.257 e. The number of benzene rings is 2. The number of hydrazone groups is 1. The van der Waals surface area contributed by atoms with Crippen LogP contribution in [0.3, 0.4) is 0 Å². The maximum atomic E-state index is 13.6. The molecule has 3 aliphatic rings. The van der Waals surface area contributed by atoms with Gasteiger partial charge in [0, 0.05) is 42.1 Å². The average molecular weight is 497 g/mol. The molecule has 2 heterocycles. The van der Waals surface area contributed by atoms with E-state index in [1.807, 2.05) is 48.5 Å². The Morgan fingerprint density at radius 3 is 2.32 bits per heavy atom. The van der Waals surface area contributed by atoms with E-state index in [0.717, 1.165) is 67.3 Å². The summed E-state index contributed by atoms with van der Waals surface area (Å²) in [6.45, 7) is 4.18. The van der Waals surface area contributed by atoms with E-state index in [4.69, 9.17) is 28.3 Å². The highest BCUT2D eigenvalue weighted by atomic mass is 35.5. The first kappa shape index (κ1) is 23.6. The van der Waals surface area contributed by atoms with E-state index < -0.39 is 0 Å². The van der Waals surface area contributed by atoms with Crippen molar-refractivity contribution in [2.24, 2.45) is 11.0 Å². The number of carbonyl (C=O) groups excluding carboxylic acids is 1. The molecule has 1 saturated heterocycles. The zero-order chi connectivity index (χ0) is 23.7. The first-order chi connectivity index (χ1) is 16.5. The van der Waals surface area contributed by atoms with E-state index >= 15 is 0 Å². The van der Waals surface area contributed by atoms with Crippen molar-refractivity contribution in [3.05, 3.63) is 75.3 Å². The fourth-order valence-corrected chi connectivity index (χ4v) is 5.48. The summed E-state index contributed by atoms with van der Waals surface area (Å²) in [5.74, 6) is 0.252. The largest absolute Gasteiger partial charge is 0.304 e. The summed E-state index contributed by atoms with van der Waals surface area (Å²) < 4.78 is 0. The van der Waals surface area contributed by atoms with Gasteiger partial charge in [-0.05, 0) is 73.4 Å². The van der Waals surface area contributed by atoms with Gasteiger partial charge in [0.05, 0.1) is 18.3 Å². The maximum absolute atomic E-state index is 13.6. The van der Waals surface area contributed by atoms with E-state index in [1.54, 1.807) is 5.01 Å². The Bertz CT molecular complexity index is 1090. The van der Waals surface area contributed by atoms with Crippen molar-refractivity contribution in [2.75, 3.05) is 39.8 Å². The van der Waals surface area contributed by atoms with E-state index in [2.05, 4.69) is 22.9 Å². The van der Waals surface area contributed by atoms with Crippen LogP contribution in [0.5, 0.6) is 0 Å². The molecule has 2 aromatic rings. The van der Waals surface area contributed by atoms with Crippen molar-refractivity contribution in [1.29, 1.82) is 0 Å². The number of likely N-dealkylation sites (N-methyl/N-ethyl adjacent to an activating group) is 1. The van der Waals surface area contributed by atoms with Crippen LogP contribution in [0.1, 0.15) is 36.4 Å². The number of carbonyl (C=O) groups is 1. The Morgan fingerprint density at radius 1 is 1.00 bits per heavy atom. The predicted octanol–water partition coefficient (Wildman–Crippen LogP) is 5.36. The summed E-state index contributed by atoms with van der Waals surface area (Å²) >= 11 is 12.3. The molecule has 2 aliphatic heterocycles. The molecule has 5 nitrogen and oxygen atoms in total. The van der Waals surface area contributed by atoms with Crippen LogP contribution < -0.4 is 0 Å². The molecular weight excluding hydrogens is 467 g/mol. The number of amides is 1. The summed E-state index contributed by atoms with van der Waals surface area (Å²) in [6.07, 6.45) is 5.26. The highest BCUT2D eigenvalue weighted by Gasteiger charge is 2.43. The topological polar surface area (TPSA) is 39.1 Å². The van der Waals surface area contributed by atoms with Gasteiger partial charge < -0.3 is 4.90 Å². The monoisotopic (exact) mass is 496 g/mol. The summed E-state index contributed by atoms with van der Waals surface area (Å²) in [4.78, 5) is 18.1. The van der Waals surface area contributed by atoms with Crippen molar-refractivity contribution in [1.82, 2.24) is 14.8 Å². The second kappa shape index (κ2) is 10.2. The number of nitrogens with zero attached hydrogens (tertiary/aromatic N) is 4. The van der Waals surface area contributed by atoms with Crippen molar-refractivity contribution >= 4 is 40.9 Å². The minimum atomic E-state index is -0.0962. The fourth-order valence-electron chi connectivity index (χ4n) is 5.23. The predicted molar refractivity (Wildman–Crippen MR) is 139 cm³/mol. The van der Waals surface area contributed by atoms with Gasteiger partial charge in [0.15, 0.2) is 0 Å². The summed E-state index contributed by atoms with van der Waals surface area (Å²) in [6, 6.07) is 15.7. The number of piperazine rings is 1. The van der Waals surface area contributed by atoms with Crippen LogP contribution in [0.15, 0.2) is 59.2 Å². The molecular formula is C27H30Cl2N4O. The average Bonchev–Trinajstić information content (AvgIpc) is 3.23. The lowest BCUT2D eigenvalue weighted by atomic mass is 9.77. The number of fused-ring (bicyclic) bond motifs is 1. The van der Waals surface area contributed by atoms with Crippen LogP contribution in [-0.4, -0.2) is 66.2 Å². The summed E-state index contributed by atoms with van der Waals surface area (Å²) in [5.41, 5.74) is 4.46. The van der Waals surface area contributed by atoms with Gasteiger partial charge in [-0.15, -0.1) is 0 Å². The zero-order valence-electron chi connectivity index (χ0n) is 19.5. The molecule has 5 rings (SSSR count). The van der Waals surface area contributed by atoms with Crippen LogP contribution in [0, 0.1) is 5.92 Å². The smallest absolute Gasteiger partial charge is 0.257 e. The molecule has 0 spiro atoms. The first-order valence-corrected chi connectivity index (χ1v) is 12.8. The molecule has 178 valence electrons. The van der Waals surface area contributed by atoms with Crippen LogP contribution in [0.25, 0.3) is 6.08 Å². The van der Waals surface area contributed by atoms with Gasteiger partial charge in [-0.2, -0.15) is 5.10 Å². The van der Waals surface area contributed by atoms with Gasteiger partial charge >= 0.3 is 0 Å². The highest BCUT2D eigenvalue weighted by Crippen LogP contribution is 2.44. The molecule has 1 amide bonds. The molecule has 0 unspecified atom stereocenters. The van der Waals surface area contributed by atoms with E-state index in [0.29, 0.717) is 11.6 Å². The SMILES string of the molecule is CN1CCN(CC(=O)N2N=C3/C(=C\c4ccc(Cl)cc4)CCC[C@H]3[C@@H]2c2ccc(Cl)cc2)CC1. The molecule has 7 heteroatoms. The van der Waals surface area contributed by atoms with Gasteiger partial charge in [-0.25, -0.2) is 5.01 Å². The number of allylic oxidation sites excluding steroid dienone is 1. The second-order valence-electron chi connectivity index (χ2n) is 9.52. The number of hydrogen-bond acceptors (Lipinski definition) is 4. The first-order valence-electron chi connectivity index (χ1n) is 12.0. The van der Waals surface area contributed by atoms with Crippen LogP contribution in [0.4, 0.5) is 0 Å². The quantitative estimate of drug-likeness (QED) is 0.571. The minimum absolute atomic E-state index is 0.0669. The third-order valence-corrected chi connectivity index (χ3v) is 7.64. The molecule has 0 bridgehead atoms. The zero-order valence-corrected chi connectivity index (χ0v) is 21.0. The molecule has 2 atom stereocenters. The van der Waals surface area contributed by atoms with Gasteiger partial charge in [0.1, 0.15) is 0 Å². The van der Waals surface area contributed by atoms with Crippen LogP contribution in [0.2, 0.25) is 10.0 Å². The number of hydrogen-bond donors (Lipinski definition) is 0. The fraction of sp³-hybridized carbons (Fsp3) is 0.407. The Hall–Kier alpha value is -2.18. The van der Waals surface area contributed by atoms with Gasteiger partial charge in [0.25, 0.3) is 5.91 Å². The summed E-state index contributed by atoms with van der Waals surface area (Å²) in [7, 11) is 2.13. The Labute approximate surface area is 211 Å². The van der Waals surface area contributed by atoms with Gasteiger partial charge in [-0.3, -0.25) is 9.69 Å². The molecule has 1 saturated carbocycles. The lowest BCUT2D eigenvalue weighted by molar-refractivity contribution is -0.135. The molecule has 0 N–H and O–H groups in total. The van der Waals surface area contributed by atoms with Crippen LogP contribution >= 0.6 is 23.2 Å². The van der Waals surface area contributed by atoms with E-state index in [9.17, 15) is 4.79 Å². The standard InChI is InChI=1S/C27H30Cl2N4O/c1-31-13-15-32(16-14-31)18-25(34)33-27(20-7-11-23(29)12-8-20)24-4-2-3-21(26(24)30-33)17-19-5-9-22(28)10-6-19/h5-12,17,24,27H,2-4,13-16,18H2,1H3/b21-17-/t24-,27+/m1/s1. The lowest BCUT2D eigenvalue weighted by Gasteiger charge is -2.34.